The quantitative estimate of drug-likeness (QED) is 0.670. The summed E-state index contributed by atoms with van der Waals surface area (Å²) >= 11 is 0. The third kappa shape index (κ3) is 4.28. The van der Waals surface area contributed by atoms with Crippen LogP contribution in [0.5, 0.6) is 5.75 Å². The summed E-state index contributed by atoms with van der Waals surface area (Å²) in [5, 5.41) is 5.57. The standard InChI is InChI=1S/C24H26N2O2/c1-28-23-10-8-22(9-11-23)25-24(27)26-14-12-18(13-15-26)16-19-6-7-20-4-2-3-5-21(20)17-19/h2-11,17-18H,12-16H2,1H3,(H,25,27). The minimum absolute atomic E-state index is 0.0191. The van der Waals surface area contributed by atoms with Crippen molar-refractivity contribution in [3.63, 3.8) is 0 Å². The lowest BCUT2D eigenvalue weighted by atomic mass is 9.89. The maximum atomic E-state index is 12.5. The molecule has 4 rings (SSSR count). The van der Waals surface area contributed by atoms with E-state index in [1.54, 1.807) is 7.11 Å². The molecule has 2 amide bonds. The summed E-state index contributed by atoms with van der Waals surface area (Å²) in [4.78, 5) is 14.4. The van der Waals surface area contributed by atoms with Crippen molar-refractivity contribution in [2.45, 2.75) is 19.3 Å². The number of likely N-dealkylation sites (tertiary alicyclic amines) is 1. The molecular weight excluding hydrogens is 348 g/mol. The summed E-state index contributed by atoms with van der Waals surface area (Å²) in [6, 6.07) is 22.7. The average Bonchev–Trinajstić information content (AvgIpc) is 2.75. The van der Waals surface area contributed by atoms with Crippen LogP contribution in [0.3, 0.4) is 0 Å². The van der Waals surface area contributed by atoms with Crippen molar-refractivity contribution in [3.05, 3.63) is 72.3 Å². The van der Waals surface area contributed by atoms with E-state index >= 15 is 0 Å². The highest BCUT2D eigenvalue weighted by atomic mass is 16.5. The van der Waals surface area contributed by atoms with Gasteiger partial charge in [-0.15, -0.1) is 0 Å². The Kier molecular flexibility index (Phi) is 5.47. The van der Waals surface area contributed by atoms with Gasteiger partial charge in [0.25, 0.3) is 0 Å². The van der Waals surface area contributed by atoms with E-state index in [9.17, 15) is 4.79 Å². The molecule has 3 aromatic rings. The zero-order chi connectivity index (χ0) is 19.3. The fourth-order valence-electron chi connectivity index (χ4n) is 3.92. The van der Waals surface area contributed by atoms with Gasteiger partial charge in [-0.05, 0) is 65.8 Å². The van der Waals surface area contributed by atoms with E-state index in [2.05, 4.69) is 47.8 Å². The van der Waals surface area contributed by atoms with E-state index in [-0.39, 0.29) is 6.03 Å². The molecule has 1 heterocycles. The highest BCUT2D eigenvalue weighted by Crippen LogP contribution is 2.25. The number of carbonyl (C=O) groups excluding carboxylic acids is 1. The maximum Gasteiger partial charge on any atom is 0.321 e. The minimum atomic E-state index is -0.0191. The summed E-state index contributed by atoms with van der Waals surface area (Å²) in [6.45, 7) is 1.61. The Morgan fingerprint density at radius 1 is 1.00 bits per heavy atom. The number of hydrogen-bond acceptors (Lipinski definition) is 2. The van der Waals surface area contributed by atoms with Crippen LogP contribution in [0.1, 0.15) is 18.4 Å². The van der Waals surface area contributed by atoms with Gasteiger partial charge in [-0.3, -0.25) is 0 Å². The Morgan fingerprint density at radius 2 is 1.71 bits per heavy atom. The molecule has 0 unspecified atom stereocenters. The molecule has 3 aromatic carbocycles. The normalized spacial score (nSPS) is 14.8. The minimum Gasteiger partial charge on any atom is -0.497 e. The number of rotatable bonds is 4. The predicted octanol–water partition coefficient (Wildman–Crippen LogP) is 5.34. The van der Waals surface area contributed by atoms with E-state index in [1.165, 1.54) is 16.3 Å². The predicted molar refractivity (Wildman–Crippen MR) is 114 cm³/mol. The van der Waals surface area contributed by atoms with Crippen LogP contribution in [0.2, 0.25) is 0 Å². The van der Waals surface area contributed by atoms with Crippen LogP contribution in [-0.4, -0.2) is 31.1 Å². The lowest BCUT2D eigenvalue weighted by Crippen LogP contribution is -2.41. The Morgan fingerprint density at radius 3 is 2.43 bits per heavy atom. The van der Waals surface area contributed by atoms with Gasteiger partial charge in [0.2, 0.25) is 0 Å². The molecule has 0 aromatic heterocycles. The van der Waals surface area contributed by atoms with Crippen LogP contribution < -0.4 is 10.1 Å². The van der Waals surface area contributed by atoms with Gasteiger partial charge in [0.15, 0.2) is 0 Å². The SMILES string of the molecule is COc1ccc(NC(=O)N2CCC(Cc3ccc4ccccc4c3)CC2)cc1. The third-order valence-corrected chi connectivity index (χ3v) is 5.58. The van der Waals surface area contributed by atoms with Crippen molar-refractivity contribution < 1.29 is 9.53 Å². The Labute approximate surface area is 166 Å². The monoisotopic (exact) mass is 374 g/mol. The van der Waals surface area contributed by atoms with Crippen molar-refractivity contribution in [1.29, 1.82) is 0 Å². The van der Waals surface area contributed by atoms with Crippen LogP contribution in [0.15, 0.2) is 66.7 Å². The molecule has 1 aliphatic heterocycles. The Balaban J connectivity index is 1.30. The van der Waals surface area contributed by atoms with Gasteiger partial charge in [-0.1, -0.05) is 42.5 Å². The van der Waals surface area contributed by atoms with Crippen LogP contribution >= 0.6 is 0 Å². The smallest absolute Gasteiger partial charge is 0.321 e. The Hall–Kier alpha value is -3.01. The average molecular weight is 374 g/mol. The fourth-order valence-corrected chi connectivity index (χ4v) is 3.92. The van der Waals surface area contributed by atoms with Crippen molar-refractivity contribution in [2.75, 3.05) is 25.5 Å². The number of piperidine rings is 1. The first-order chi connectivity index (χ1) is 13.7. The molecule has 0 spiro atoms. The first-order valence-corrected chi connectivity index (χ1v) is 9.89. The number of hydrogen-bond donors (Lipinski definition) is 1. The highest BCUT2D eigenvalue weighted by Gasteiger charge is 2.23. The number of urea groups is 1. The highest BCUT2D eigenvalue weighted by molar-refractivity contribution is 5.89. The summed E-state index contributed by atoms with van der Waals surface area (Å²) in [5.74, 6) is 1.42. The number of methoxy groups -OCH3 is 1. The zero-order valence-electron chi connectivity index (χ0n) is 16.2. The lowest BCUT2D eigenvalue weighted by Gasteiger charge is -2.32. The number of carbonyl (C=O) groups is 1. The van der Waals surface area contributed by atoms with E-state index in [1.807, 2.05) is 29.2 Å². The number of nitrogens with one attached hydrogen (secondary N) is 1. The van der Waals surface area contributed by atoms with Crippen molar-refractivity contribution in [3.8, 4) is 5.75 Å². The Bertz CT molecular complexity index is 944. The molecule has 1 fully saturated rings. The molecule has 0 bridgehead atoms. The summed E-state index contributed by atoms with van der Waals surface area (Å²) in [6.07, 6.45) is 3.17. The number of nitrogens with zero attached hydrogens (tertiary/aromatic N) is 1. The van der Waals surface area contributed by atoms with Crippen molar-refractivity contribution >= 4 is 22.5 Å². The zero-order valence-corrected chi connectivity index (χ0v) is 16.2. The van der Waals surface area contributed by atoms with Crippen molar-refractivity contribution in [2.24, 2.45) is 5.92 Å². The number of benzene rings is 3. The molecular formula is C24H26N2O2. The van der Waals surface area contributed by atoms with Gasteiger partial charge in [0.1, 0.15) is 5.75 Å². The molecule has 4 nitrogen and oxygen atoms in total. The van der Waals surface area contributed by atoms with Gasteiger partial charge < -0.3 is 15.0 Å². The van der Waals surface area contributed by atoms with Gasteiger partial charge in [-0.25, -0.2) is 4.79 Å². The fraction of sp³-hybridized carbons (Fsp3) is 0.292. The van der Waals surface area contributed by atoms with Crippen LogP contribution in [0.25, 0.3) is 10.8 Å². The van der Waals surface area contributed by atoms with E-state index in [0.717, 1.165) is 43.8 Å². The molecule has 0 saturated carbocycles. The summed E-state index contributed by atoms with van der Waals surface area (Å²) in [5.41, 5.74) is 2.18. The van der Waals surface area contributed by atoms with E-state index < -0.39 is 0 Å². The topological polar surface area (TPSA) is 41.6 Å². The summed E-state index contributed by atoms with van der Waals surface area (Å²) < 4.78 is 5.15. The van der Waals surface area contributed by atoms with Gasteiger partial charge in [0, 0.05) is 18.8 Å². The molecule has 1 saturated heterocycles. The number of ether oxygens (including phenoxy) is 1. The second kappa shape index (κ2) is 8.34. The van der Waals surface area contributed by atoms with Crippen LogP contribution in [0.4, 0.5) is 10.5 Å². The van der Waals surface area contributed by atoms with Crippen LogP contribution in [-0.2, 0) is 6.42 Å². The second-order valence-corrected chi connectivity index (χ2v) is 7.47. The van der Waals surface area contributed by atoms with Gasteiger partial charge in [-0.2, -0.15) is 0 Å². The van der Waals surface area contributed by atoms with Gasteiger partial charge in [0.05, 0.1) is 7.11 Å². The lowest BCUT2D eigenvalue weighted by molar-refractivity contribution is 0.182. The summed E-state index contributed by atoms with van der Waals surface area (Å²) in [7, 11) is 1.63. The maximum absolute atomic E-state index is 12.5. The van der Waals surface area contributed by atoms with Crippen LogP contribution in [0, 0.1) is 5.92 Å². The number of amides is 2. The van der Waals surface area contributed by atoms with E-state index in [0.29, 0.717) is 5.92 Å². The van der Waals surface area contributed by atoms with Gasteiger partial charge >= 0.3 is 6.03 Å². The largest absolute Gasteiger partial charge is 0.497 e. The first-order valence-electron chi connectivity index (χ1n) is 9.89. The molecule has 4 heteroatoms. The third-order valence-electron chi connectivity index (χ3n) is 5.58. The molecule has 144 valence electrons. The van der Waals surface area contributed by atoms with E-state index in [4.69, 9.17) is 4.74 Å². The first kappa shape index (κ1) is 18.4. The van der Waals surface area contributed by atoms with Crippen molar-refractivity contribution in [1.82, 2.24) is 4.90 Å². The molecule has 0 aliphatic carbocycles. The molecule has 28 heavy (non-hydrogen) atoms. The molecule has 0 atom stereocenters. The number of fused-ring (bicyclic) bond motifs is 1. The molecule has 1 aliphatic rings. The molecule has 0 radical (unpaired) electrons. The molecule has 1 N–H and O–H groups in total. The second-order valence-electron chi connectivity index (χ2n) is 7.47. The number of anilines is 1.